The van der Waals surface area contributed by atoms with Crippen LogP contribution in [0.25, 0.3) is 0 Å². The minimum atomic E-state index is -0.773. The fourth-order valence-electron chi connectivity index (χ4n) is 1.74. The first-order valence-electron chi connectivity index (χ1n) is 6.85. The Hall–Kier alpha value is -2.88. The van der Waals surface area contributed by atoms with Gasteiger partial charge in [-0.3, -0.25) is 9.69 Å². The highest BCUT2D eigenvalue weighted by Gasteiger charge is 2.18. The molecule has 122 valence electrons. The number of halogens is 1. The van der Waals surface area contributed by atoms with Crippen LogP contribution in [0.1, 0.15) is 12.5 Å². The molecule has 0 bridgehead atoms. The van der Waals surface area contributed by atoms with Gasteiger partial charge in [0.05, 0.1) is 25.4 Å². The number of rotatable bonds is 6. The number of nitrogens with zero attached hydrogens (tertiary/aromatic N) is 2. The molecule has 7 heteroatoms. The van der Waals surface area contributed by atoms with Gasteiger partial charge in [0.2, 0.25) is 0 Å². The van der Waals surface area contributed by atoms with Crippen LogP contribution >= 0.6 is 0 Å². The van der Waals surface area contributed by atoms with E-state index in [2.05, 4.69) is 4.74 Å². The zero-order valence-corrected chi connectivity index (χ0v) is 12.9. The Morgan fingerprint density at radius 3 is 2.74 bits per heavy atom. The van der Waals surface area contributed by atoms with Crippen LogP contribution in [0.5, 0.6) is 0 Å². The van der Waals surface area contributed by atoms with Gasteiger partial charge in [-0.25, -0.2) is 9.18 Å². The number of amides is 1. The van der Waals surface area contributed by atoms with Crippen molar-refractivity contribution in [3.63, 3.8) is 0 Å². The predicted molar refractivity (Wildman–Crippen MR) is 79.5 cm³/mol. The number of hydrogen-bond donors (Lipinski definition) is 0. The number of ether oxygens (including phenoxy) is 2. The van der Waals surface area contributed by atoms with Gasteiger partial charge in [-0.15, -0.1) is 0 Å². The summed E-state index contributed by atoms with van der Waals surface area (Å²) in [6.45, 7) is 1.36. The molecule has 1 rings (SSSR count). The number of allylic oxidation sites excluding steroid dienone is 1. The van der Waals surface area contributed by atoms with E-state index in [1.807, 2.05) is 6.07 Å². The molecule has 0 radical (unpaired) electrons. The van der Waals surface area contributed by atoms with Gasteiger partial charge in [0.25, 0.3) is 0 Å². The smallest absolute Gasteiger partial charge is 0.414 e. The second-order valence-corrected chi connectivity index (χ2v) is 4.48. The fourth-order valence-corrected chi connectivity index (χ4v) is 1.74. The summed E-state index contributed by atoms with van der Waals surface area (Å²) in [6, 6.07) is 7.69. The molecule has 0 aromatic heterocycles. The van der Waals surface area contributed by atoms with E-state index in [1.54, 1.807) is 13.0 Å². The number of hydrogen-bond acceptors (Lipinski definition) is 5. The van der Waals surface area contributed by atoms with Crippen LogP contribution in [0.15, 0.2) is 36.0 Å². The summed E-state index contributed by atoms with van der Waals surface area (Å²) >= 11 is 0. The second kappa shape index (κ2) is 9.20. The Morgan fingerprint density at radius 1 is 1.43 bits per heavy atom. The van der Waals surface area contributed by atoms with Crippen molar-refractivity contribution in [2.24, 2.45) is 0 Å². The first-order chi connectivity index (χ1) is 11.0. The summed E-state index contributed by atoms with van der Waals surface area (Å²) in [7, 11) is 1.19. The molecule has 0 fully saturated rings. The largest absolute Gasteiger partial charge is 0.468 e. The van der Waals surface area contributed by atoms with Crippen LogP contribution in [0.2, 0.25) is 0 Å². The van der Waals surface area contributed by atoms with Gasteiger partial charge in [0, 0.05) is 12.6 Å². The van der Waals surface area contributed by atoms with E-state index in [-0.39, 0.29) is 25.1 Å². The van der Waals surface area contributed by atoms with E-state index in [9.17, 15) is 19.2 Å². The molecule has 0 saturated heterocycles. The number of benzene rings is 1. The molecule has 0 spiro atoms. The molecule has 0 atom stereocenters. The summed E-state index contributed by atoms with van der Waals surface area (Å²) < 4.78 is 22.5. The second-order valence-electron chi connectivity index (χ2n) is 4.48. The lowest BCUT2D eigenvalue weighted by molar-refractivity contribution is -0.141. The number of carbonyl (C=O) groups excluding carboxylic acids is 2. The monoisotopic (exact) mass is 320 g/mol. The van der Waals surface area contributed by atoms with Gasteiger partial charge < -0.3 is 9.47 Å². The molecule has 1 aromatic carbocycles. The van der Waals surface area contributed by atoms with Gasteiger partial charge in [-0.2, -0.15) is 5.26 Å². The first-order valence-corrected chi connectivity index (χ1v) is 6.85. The van der Waals surface area contributed by atoms with Crippen LogP contribution in [0.4, 0.5) is 9.18 Å². The Kier molecular flexibility index (Phi) is 7.27. The Labute approximate surface area is 133 Å². The third-order valence-electron chi connectivity index (χ3n) is 2.77. The molecular weight excluding hydrogens is 303 g/mol. The molecule has 1 aromatic rings. The molecule has 6 nitrogen and oxygen atoms in total. The predicted octanol–water partition coefficient (Wildman–Crippen LogP) is 2.41. The standard InChI is InChI=1S/C16H17FN2O4/c1-3-23-16(21)19(11-15(20)22-2)10-13(9-18)7-12-5-4-6-14(17)8-12/h4-6,8,10H,3,7,11H2,1-2H3/b13-10+. The van der Waals surface area contributed by atoms with E-state index in [1.165, 1.54) is 31.5 Å². The molecule has 0 aliphatic heterocycles. The van der Waals surface area contributed by atoms with E-state index >= 15 is 0 Å². The van der Waals surface area contributed by atoms with Crippen molar-refractivity contribution in [1.82, 2.24) is 4.90 Å². The minimum absolute atomic E-state index is 0.116. The van der Waals surface area contributed by atoms with Crippen molar-refractivity contribution < 1.29 is 23.5 Å². The Bertz CT molecular complexity index is 637. The van der Waals surface area contributed by atoms with Crippen molar-refractivity contribution in [1.29, 1.82) is 5.26 Å². The maximum atomic E-state index is 13.2. The van der Waals surface area contributed by atoms with E-state index in [4.69, 9.17) is 4.74 Å². The lowest BCUT2D eigenvalue weighted by Gasteiger charge is -2.17. The van der Waals surface area contributed by atoms with Crippen LogP contribution in [0.3, 0.4) is 0 Å². The van der Waals surface area contributed by atoms with Crippen LogP contribution in [0, 0.1) is 17.1 Å². The number of nitriles is 1. The van der Waals surface area contributed by atoms with Crippen molar-refractivity contribution in [3.05, 3.63) is 47.4 Å². The van der Waals surface area contributed by atoms with Crippen LogP contribution in [-0.2, 0) is 20.7 Å². The summed E-state index contributed by atoms with van der Waals surface area (Å²) in [5.74, 6) is -1.08. The average molecular weight is 320 g/mol. The normalized spacial score (nSPS) is 10.6. The number of methoxy groups -OCH3 is 1. The maximum Gasteiger partial charge on any atom is 0.414 e. The summed E-state index contributed by atoms with van der Waals surface area (Å²) in [4.78, 5) is 24.2. The summed E-state index contributed by atoms with van der Waals surface area (Å²) in [6.07, 6.45) is 0.551. The molecular formula is C16H17FN2O4. The minimum Gasteiger partial charge on any atom is -0.468 e. The highest BCUT2D eigenvalue weighted by atomic mass is 19.1. The van der Waals surface area contributed by atoms with Crippen molar-refractivity contribution in [2.75, 3.05) is 20.3 Å². The van der Waals surface area contributed by atoms with Crippen molar-refractivity contribution in [2.45, 2.75) is 13.3 Å². The Balaban J connectivity index is 2.98. The zero-order valence-electron chi connectivity index (χ0n) is 12.9. The maximum absolute atomic E-state index is 13.2. The van der Waals surface area contributed by atoms with E-state index in [0.29, 0.717) is 5.56 Å². The van der Waals surface area contributed by atoms with Gasteiger partial charge in [0.15, 0.2) is 0 Å². The van der Waals surface area contributed by atoms with E-state index < -0.39 is 17.9 Å². The topological polar surface area (TPSA) is 79.6 Å². The molecule has 0 heterocycles. The molecule has 0 aliphatic carbocycles. The third kappa shape index (κ3) is 6.18. The van der Waals surface area contributed by atoms with Gasteiger partial charge in [0.1, 0.15) is 12.4 Å². The highest BCUT2D eigenvalue weighted by Crippen LogP contribution is 2.11. The van der Waals surface area contributed by atoms with Crippen LogP contribution in [-0.4, -0.2) is 37.2 Å². The first kappa shape index (κ1) is 18.2. The SMILES string of the molecule is CCOC(=O)N(/C=C(/C#N)Cc1cccc(F)c1)CC(=O)OC. The molecule has 0 aliphatic rings. The van der Waals surface area contributed by atoms with E-state index in [0.717, 1.165) is 4.90 Å². The van der Waals surface area contributed by atoms with Crippen LogP contribution < -0.4 is 0 Å². The molecule has 0 unspecified atom stereocenters. The van der Waals surface area contributed by atoms with Gasteiger partial charge in [-0.05, 0) is 24.6 Å². The lowest BCUT2D eigenvalue weighted by atomic mass is 10.1. The molecule has 23 heavy (non-hydrogen) atoms. The summed E-state index contributed by atoms with van der Waals surface area (Å²) in [5.41, 5.74) is 0.743. The molecule has 0 N–H and O–H groups in total. The zero-order chi connectivity index (χ0) is 17.2. The molecule has 1 amide bonds. The number of esters is 1. The number of carbonyl (C=O) groups is 2. The van der Waals surface area contributed by atoms with Gasteiger partial charge >= 0.3 is 12.1 Å². The fraction of sp³-hybridized carbons (Fsp3) is 0.312. The quantitative estimate of drug-likeness (QED) is 0.594. The van der Waals surface area contributed by atoms with Crippen molar-refractivity contribution in [3.8, 4) is 6.07 Å². The molecule has 0 saturated carbocycles. The highest BCUT2D eigenvalue weighted by molar-refractivity contribution is 5.78. The average Bonchev–Trinajstić information content (AvgIpc) is 2.53. The third-order valence-corrected chi connectivity index (χ3v) is 2.77. The van der Waals surface area contributed by atoms with Crippen molar-refractivity contribution >= 4 is 12.1 Å². The van der Waals surface area contributed by atoms with Gasteiger partial charge in [-0.1, -0.05) is 12.1 Å². The Morgan fingerprint density at radius 2 is 2.17 bits per heavy atom. The lowest BCUT2D eigenvalue weighted by Crippen LogP contribution is -2.32. The summed E-state index contributed by atoms with van der Waals surface area (Å²) in [5, 5.41) is 9.20.